The molecule has 1 saturated heterocycles. The smallest absolute Gasteiger partial charge is 0.213 e. The summed E-state index contributed by atoms with van der Waals surface area (Å²) >= 11 is 1.79. The summed E-state index contributed by atoms with van der Waals surface area (Å²) in [5.74, 6) is 2.29. The van der Waals surface area contributed by atoms with Crippen LogP contribution in [0.2, 0.25) is 0 Å². The Hall–Kier alpha value is -1.90. The second kappa shape index (κ2) is 9.54. The molecule has 1 unspecified atom stereocenters. The number of guanidine groups is 1. The highest BCUT2D eigenvalue weighted by atomic mass is 32.1. The van der Waals surface area contributed by atoms with Crippen LogP contribution in [0, 0.1) is 0 Å². The van der Waals surface area contributed by atoms with Gasteiger partial charge in [0.1, 0.15) is 5.76 Å². The third-order valence-corrected chi connectivity index (χ3v) is 5.72. The number of hydrogen-bond acceptors (Lipinski definition) is 6. The molecule has 2 aromatic heterocycles. The van der Waals surface area contributed by atoms with E-state index < -0.39 is 0 Å². The summed E-state index contributed by atoms with van der Waals surface area (Å²) in [6, 6.07) is 4.61. The molecule has 0 spiro atoms. The molecule has 7 nitrogen and oxygen atoms in total. The molecule has 0 amide bonds. The van der Waals surface area contributed by atoms with Crippen molar-refractivity contribution in [3.8, 4) is 0 Å². The van der Waals surface area contributed by atoms with E-state index in [2.05, 4.69) is 63.8 Å². The van der Waals surface area contributed by atoms with E-state index in [0.717, 1.165) is 44.6 Å². The predicted molar refractivity (Wildman–Crippen MR) is 113 cm³/mol. The fraction of sp³-hybridized carbons (Fsp3) is 0.600. The Morgan fingerprint density at radius 1 is 1.32 bits per heavy atom. The molecular weight excluding hydrogens is 374 g/mol. The van der Waals surface area contributed by atoms with Gasteiger partial charge in [-0.25, -0.2) is 4.98 Å². The van der Waals surface area contributed by atoms with E-state index in [-0.39, 0.29) is 5.41 Å². The molecule has 0 bridgehead atoms. The van der Waals surface area contributed by atoms with Crippen LogP contribution in [0.5, 0.6) is 0 Å². The zero-order chi connectivity index (χ0) is 20.0. The Morgan fingerprint density at radius 3 is 2.71 bits per heavy atom. The molecule has 28 heavy (non-hydrogen) atoms. The highest BCUT2D eigenvalue weighted by Crippen LogP contribution is 2.25. The number of morpholine rings is 1. The summed E-state index contributed by atoms with van der Waals surface area (Å²) in [6.07, 6.45) is 1.80. The second-order valence-electron chi connectivity index (χ2n) is 7.85. The Bertz CT molecular complexity index is 745. The number of thiophene rings is 1. The Kier molecular flexibility index (Phi) is 7.09. The molecular formula is C20H31N5O2S. The lowest BCUT2D eigenvalue weighted by atomic mass is 9.94. The molecule has 1 atom stereocenters. The average molecular weight is 406 g/mol. The molecule has 154 valence electrons. The fourth-order valence-electron chi connectivity index (χ4n) is 3.09. The lowest BCUT2D eigenvalue weighted by Gasteiger charge is -2.34. The van der Waals surface area contributed by atoms with Gasteiger partial charge in [-0.1, -0.05) is 26.8 Å². The molecule has 0 aromatic carbocycles. The second-order valence-corrected chi connectivity index (χ2v) is 8.83. The first-order chi connectivity index (χ1) is 13.5. The van der Waals surface area contributed by atoms with Gasteiger partial charge in [0.05, 0.1) is 32.0 Å². The Balaban J connectivity index is 1.56. The van der Waals surface area contributed by atoms with Crippen LogP contribution in [-0.4, -0.2) is 55.7 Å². The topological polar surface area (TPSA) is 74.9 Å². The van der Waals surface area contributed by atoms with E-state index >= 15 is 0 Å². The van der Waals surface area contributed by atoms with E-state index in [9.17, 15) is 0 Å². The van der Waals surface area contributed by atoms with Gasteiger partial charge in [0.25, 0.3) is 0 Å². The van der Waals surface area contributed by atoms with Gasteiger partial charge >= 0.3 is 0 Å². The monoisotopic (exact) mass is 405 g/mol. The highest BCUT2D eigenvalue weighted by molar-refractivity contribution is 7.10. The fourth-order valence-corrected chi connectivity index (χ4v) is 3.95. The predicted octanol–water partition coefficient (Wildman–Crippen LogP) is 2.77. The Morgan fingerprint density at radius 2 is 2.11 bits per heavy atom. The number of ether oxygens (including phenoxy) is 1. The number of aromatic nitrogens is 1. The zero-order valence-corrected chi connectivity index (χ0v) is 18.0. The van der Waals surface area contributed by atoms with Gasteiger partial charge in [0.2, 0.25) is 5.89 Å². The van der Waals surface area contributed by atoms with E-state index in [1.165, 1.54) is 4.88 Å². The van der Waals surface area contributed by atoms with Crippen LogP contribution >= 0.6 is 11.3 Å². The molecule has 2 aromatic rings. The summed E-state index contributed by atoms with van der Waals surface area (Å²) < 4.78 is 11.4. The molecule has 3 heterocycles. The van der Waals surface area contributed by atoms with E-state index in [0.29, 0.717) is 18.5 Å². The minimum Gasteiger partial charge on any atom is -0.443 e. The normalized spacial score (nSPS) is 17.5. The van der Waals surface area contributed by atoms with E-state index in [1.807, 2.05) is 0 Å². The quantitative estimate of drug-likeness (QED) is 0.569. The lowest BCUT2D eigenvalue weighted by molar-refractivity contribution is 0.0177. The van der Waals surface area contributed by atoms with Crippen molar-refractivity contribution in [1.29, 1.82) is 0 Å². The van der Waals surface area contributed by atoms with Crippen molar-refractivity contribution in [2.75, 3.05) is 39.9 Å². The van der Waals surface area contributed by atoms with Crippen molar-refractivity contribution in [2.24, 2.45) is 4.99 Å². The van der Waals surface area contributed by atoms with Crippen LogP contribution in [0.25, 0.3) is 0 Å². The van der Waals surface area contributed by atoms with Crippen molar-refractivity contribution >= 4 is 17.3 Å². The molecule has 1 aliphatic heterocycles. The maximum Gasteiger partial charge on any atom is 0.213 e. The summed E-state index contributed by atoms with van der Waals surface area (Å²) in [5.41, 5.74) is -0.0444. The van der Waals surface area contributed by atoms with Gasteiger partial charge in [-0.2, -0.15) is 0 Å². The number of nitrogens with one attached hydrogen (secondary N) is 2. The molecule has 3 rings (SSSR count). The summed E-state index contributed by atoms with van der Waals surface area (Å²) in [6.45, 7) is 11.1. The van der Waals surface area contributed by atoms with Crippen molar-refractivity contribution in [1.82, 2.24) is 20.5 Å². The summed E-state index contributed by atoms with van der Waals surface area (Å²) in [7, 11) is 1.78. The first-order valence-corrected chi connectivity index (χ1v) is 10.6. The molecule has 0 aliphatic carbocycles. The van der Waals surface area contributed by atoms with Gasteiger partial charge in [0.15, 0.2) is 5.96 Å². The van der Waals surface area contributed by atoms with Crippen LogP contribution in [0.1, 0.15) is 43.3 Å². The number of hydrogen-bond donors (Lipinski definition) is 2. The minimum absolute atomic E-state index is 0.0444. The first kappa shape index (κ1) is 20.8. The molecule has 0 radical (unpaired) electrons. The van der Waals surface area contributed by atoms with Crippen molar-refractivity contribution in [3.05, 3.63) is 40.2 Å². The van der Waals surface area contributed by atoms with E-state index in [4.69, 9.17) is 9.15 Å². The number of aliphatic imine (C=N–C) groups is 1. The van der Waals surface area contributed by atoms with Crippen LogP contribution in [0.3, 0.4) is 0 Å². The van der Waals surface area contributed by atoms with Gasteiger partial charge in [-0.3, -0.25) is 9.89 Å². The maximum absolute atomic E-state index is 5.85. The highest BCUT2D eigenvalue weighted by Gasteiger charge is 2.24. The average Bonchev–Trinajstić information content (AvgIpc) is 3.37. The van der Waals surface area contributed by atoms with Crippen LogP contribution in [0.15, 0.2) is 33.1 Å². The first-order valence-electron chi connectivity index (χ1n) is 9.72. The SMILES string of the molecule is CN=C(NCc1ncc(C(C)(C)C)o1)NCC(c1cccs1)N1CCOCC1. The van der Waals surface area contributed by atoms with Crippen molar-refractivity contribution in [3.63, 3.8) is 0 Å². The van der Waals surface area contributed by atoms with Crippen LogP contribution < -0.4 is 10.6 Å². The summed E-state index contributed by atoms with van der Waals surface area (Å²) in [4.78, 5) is 12.5. The van der Waals surface area contributed by atoms with Crippen LogP contribution in [0.4, 0.5) is 0 Å². The van der Waals surface area contributed by atoms with Gasteiger partial charge in [-0.15, -0.1) is 11.3 Å². The third kappa shape index (κ3) is 5.56. The third-order valence-electron chi connectivity index (χ3n) is 4.74. The van der Waals surface area contributed by atoms with Gasteiger partial charge in [-0.05, 0) is 11.4 Å². The molecule has 0 saturated carbocycles. The lowest BCUT2D eigenvalue weighted by Crippen LogP contribution is -2.46. The molecule has 1 aliphatic rings. The zero-order valence-electron chi connectivity index (χ0n) is 17.2. The Labute approximate surface area is 171 Å². The van der Waals surface area contributed by atoms with Gasteiger partial charge in [0, 0.05) is 37.0 Å². The van der Waals surface area contributed by atoms with Gasteiger partial charge < -0.3 is 19.8 Å². The number of rotatable bonds is 6. The van der Waals surface area contributed by atoms with Crippen LogP contribution in [-0.2, 0) is 16.7 Å². The maximum atomic E-state index is 5.85. The van der Waals surface area contributed by atoms with Crippen molar-refractivity contribution in [2.45, 2.75) is 38.8 Å². The largest absolute Gasteiger partial charge is 0.443 e. The summed E-state index contributed by atoms with van der Waals surface area (Å²) in [5, 5.41) is 8.88. The standard InChI is InChI=1S/C20H31N5O2S/c1-20(2,3)17-13-22-18(27-17)14-24-19(21-4)23-12-15(16-6-5-11-28-16)25-7-9-26-10-8-25/h5-6,11,13,15H,7-10,12,14H2,1-4H3,(H2,21,23,24). The number of nitrogens with zero attached hydrogens (tertiary/aromatic N) is 3. The molecule has 1 fully saturated rings. The van der Waals surface area contributed by atoms with E-state index in [1.54, 1.807) is 24.6 Å². The molecule has 8 heteroatoms. The number of oxazole rings is 1. The minimum atomic E-state index is -0.0444. The van der Waals surface area contributed by atoms with Crippen molar-refractivity contribution < 1.29 is 9.15 Å². The molecule has 2 N–H and O–H groups in total.